The Bertz CT molecular complexity index is 1080. The fraction of sp³-hybridized carbons (Fsp3) is 0.524. The van der Waals surface area contributed by atoms with Gasteiger partial charge >= 0.3 is 0 Å². The summed E-state index contributed by atoms with van der Waals surface area (Å²) in [7, 11) is 1.86. The van der Waals surface area contributed by atoms with Crippen LogP contribution in [0, 0.1) is 19.8 Å². The number of rotatable bonds is 6. The molecule has 3 aromatic rings. The van der Waals surface area contributed by atoms with Gasteiger partial charge in [0.15, 0.2) is 5.65 Å². The maximum Gasteiger partial charge on any atom is 0.253 e. The number of hydrogen-bond acceptors (Lipinski definition) is 6. The molecular formula is C21H28N8O2. The SMILES string of the molecule is Cc1cc(C)n(CCN(C)C(=O)C2CCC(NC(=O)c3ccc4nnnn4c3)CC2)n1. The van der Waals surface area contributed by atoms with E-state index in [4.69, 9.17) is 0 Å². The first-order valence-electron chi connectivity index (χ1n) is 10.7. The van der Waals surface area contributed by atoms with E-state index in [1.165, 1.54) is 4.52 Å². The van der Waals surface area contributed by atoms with Gasteiger partial charge in [-0.3, -0.25) is 14.3 Å². The van der Waals surface area contributed by atoms with Gasteiger partial charge in [0, 0.05) is 37.4 Å². The average Bonchev–Trinajstić information content (AvgIpc) is 3.36. The molecule has 0 unspecified atom stereocenters. The Morgan fingerprint density at radius 3 is 2.68 bits per heavy atom. The largest absolute Gasteiger partial charge is 0.349 e. The van der Waals surface area contributed by atoms with Gasteiger partial charge in [0.1, 0.15) is 0 Å². The second-order valence-corrected chi connectivity index (χ2v) is 8.33. The third-order valence-electron chi connectivity index (χ3n) is 5.99. The molecule has 1 N–H and O–H groups in total. The zero-order valence-electron chi connectivity index (χ0n) is 18.2. The van der Waals surface area contributed by atoms with Crippen molar-refractivity contribution in [3.8, 4) is 0 Å². The molecule has 3 aromatic heterocycles. The fourth-order valence-electron chi connectivity index (χ4n) is 4.20. The standard InChI is InChI=1S/C21H28N8O2/c1-14-12-15(2)28(24-14)11-10-27(3)21(31)16-4-7-18(8-5-16)22-20(30)17-6-9-19-23-25-26-29(19)13-17/h6,9,12-13,16,18H,4-5,7-8,10-11H2,1-3H3,(H,22,30). The number of aromatic nitrogens is 6. The molecule has 4 rings (SSSR count). The number of fused-ring (bicyclic) bond motifs is 1. The van der Waals surface area contributed by atoms with E-state index in [0.29, 0.717) is 24.3 Å². The minimum Gasteiger partial charge on any atom is -0.349 e. The van der Waals surface area contributed by atoms with E-state index in [-0.39, 0.29) is 23.8 Å². The summed E-state index contributed by atoms with van der Waals surface area (Å²) in [6.07, 6.45) is 4.76. The van der Waals surface area contributed by atoms with Crippen molar-refractivity contribution in [3.63, 3.8) is 0 Å². The summed E-state index contributed by atoms with van der Waals surface area (Å²) in [6.45, 7) is 5.33. The van der Waals surface area contributed by atoms with Crippen LogP contribution in [0.5, 0.6) is 0 Å². The zero-order valence-corrected chi connectivity index (χ0v) is 18.2. The summed E-state index contributed by atoms with van der Waals surface area (Å²) in [6, 6.07) is 5.54. The third kappa shape index (κ3) is 4.73. The number of tetrazole rings is 1. The smallest absolute Gasteiger partial charge is 0.253 e. The molecule has 2 amide bonds. The van der Waals surface area contributed by atoms with Crippen LogP contribution in [0.15, 0.2) is 24.4 Å². The Balaban J connectivity index is 1.25. The molecule has 10 heteroatoms. The Labute approximate surface area is 180 Å². The van der Waals surface area contributed by atoms with E-state index in [1.54, 1.807) is 23.2 Å². The topological polar surface area (TPSA) is 110 Å². The highest BCUT2D eigenvalue weighted by atomic mass is 16.2. The number of likely N-dealkylation sites (N-methyl/N-ethyl adjacent to an activating group) is 1. The Morgan fingerprint density at radius 1 is 1.19 bits per heavy atom. The summed E-state index contributed by atoms with van der Waals surface area (Å²) in [5.74, 6) is 0.0424. The number of nitrogens with zero attached hydrogens (tertiary/aromatic N) is 7. The first-order valence-corrected chi connectivity index (χ1v) is 10.7. The second-order valence-electron chi connectivity index (χ2n) is 8.33. The Kier molecular flexibility index (Phi) is 5.97. The highest BCUT2D eigenvalue weighted by Crippen LogP contribution is 2.26. The number of nitrogens with one attached hydrogen (secondary N) is 1. The number of amides is 2. The van der Waals surface area contributed by atoms with Crippen LogP contribution in [0.3, 0.4) is 0 Å². The van der Waals surface area contributed by atoms with E-state index in [1.807, 2.05) is 31.6 Å². The van der Waals surface area contributed by atoms with Crippen LogP contribution in [-0.2, 0) is 11.3 Å². The Morgan fingerprint density at radius 2 is 1.97 bits per heavy atom. The lowest BCUT2D eigenvalue weighted by Crippen LogP contribution is -2.42. The lowest BCUT2D eigenvalue weighted by Gasteiger charge is -2.31. The minimum absolute atomic E-state index is 0.0104. The molecule has 1 aliphatic carbocycles. The number of hydrogen-bond donors (Lipinski definition) is 1. The molecule has 1 aliphatic rings. The van der Waals surface area contributed by atoms with Crippen molar-refractivity contribution in [2.45, 2.75) is 52.1 Å². The summed E-state index contributed by atoms with van der Waals surface area (Å²) < 4.78 is 3.42. The third-order valence-corrected chi connectivity index (χ3v) is 5.99. The van der Waals surface area contributed by atoms with E-state index in [9.17, 15) is 9.59 Å². The fourth-order valence-corrected chi connectivity index (χ4v) is 4.20. The van der Waals surface area contributed by atoms with Crippen molar-refractivity contribution in [1.82, 2.24) is 40.0 Å². The van der Waals surface area contributed by atoms with E-state index >= 15 is 0 Å². The minimum atomic E-state index is -0.144. The summed E-state index contributed by atoms with van der Waals surface area (Å²) in [5, 5.41) is 18.8. The van der Waals surface area contributed by atoms with Gasteiger partial charge in [0.05, 0.1) is 17.8 Å². The molecular weight excluding hydrogens is 396 g/mol. The van der Waals surface area contributed by atoms with Crippen molar-refractivity contribution < 1.29 is 9.59 Å². The normalized spacial score (nSPS) is 18.8. The van der Waals surface area contributed by atoms with Crippen LogP contribution in [-0.4, -0.2) is 66.2 Å². The van der Waals surface area contributed by atoms with Gasteiger partial charge in [-0.05, 0) is 68.2 Å². The predicted molar refractivity (Wildman–Crippen MR) is 113 cm³/mol. The quantitative estimate of drug-likeness (QED) is 0.640. The number of carbonyl (C=O) groups excluding carboxylic acids is 2. The summed E-state index contributed by atoms with van der Waals surface area (Å²) in [5.41, 5.74) is 3.21. The summed E-state index contributed by atoms with van der Waals surface area (Å²) in [4.78, 5) is 27.2. The van der Waals surface area contributed by atoms with Crippen LogP contribution < -0.4 is 5.32 Å². The highest BCUT2D eigenvalue weighted by Gasteiger charge is 2.29. The molecule has 0 radical (unpaired) electrons. The molecule has 0 saturated heterocycles. The van der Waals surface area contributed by atoms with Crippen LogP contribution in [0.25, 0.3) is 5.65 Å². The molecule has 164 valence electrons. The maximum absolute atomic E-state index is 12.8. The van der Waals surface area contributed by atoms with E-state index < -0.39 is 0 Å². The van der Waals surface area contributed by atoms with Gasteiger partial charge in [-0.2, -0.15) is 9.61 Å². The van der Waals surface area contributed by atoms with Crippen molar-refractivity contribution >= 4 is 17.5 Å². The van der Waals surface area contributed by atoms with Crippen molar-refractivity contribution in [3.05, 3.63) is 41.3 Å². The van der Waals surface area contributed by atoms with Crippen LogP contribution in [0.1, 0.15) is 47.4 Å². The van der Waals surface area contributed by atoms with Gasteiger partial charge in [-0.25, -0.2) is 0 Å². The second kappa shape index (κ2) is 8.83. The van der Waals surface area contributed by atoms with Gasteiger partial charge < -0.3 is 10.2 Å². The lowest BCUT2D eigenvalue weighted by molar-refractivity contribution is -0.135. The molecule has 0 aliphatic heterocycles. The predicted octanol–water partition coefficient (Wildman–Crippen LogP) is 1.38. The molecule has 0 spiro atoms. The Hall–Kier alpha value is -3.30. The van der Waals surface area contributed by atoms with Crippen molar-refractivity contribution in [1.29, 1.82) is 0 Å². The number of pyridine rings is 1. The van der Waals surface area contributed by atoms with E-state index in [2.05, 4.69) is 25.9 Å². The molecule has 1 saturated carbocycles. The maximum atomic E-state index is 12.8. The van der Waals surface area contributed by atoms with Crippen LogP contribution >= 0.6 is 0 Å². The number of carbonyl (C=O) groups is 2. The zero-order chi connectivity index (χ0) is 22.0. The molecule has 0 aromatic carbocycles. The monoisotopic (exact) mass is 424 g/mol. The van der Waals surface area contributed by atoms with Gasteiger partial charge in [0.2, 0.25) is 5.91 Å². The van der Waals surface area contributed by atoms with Gasteiger partial charge in [-0.15, -0.1) is 5.10 Å². The molecule has 3 heterocycles. The van der Waals surface area contributed by atoms with Crippen molar-refractivity contribution in [2.75, 3.05) is 13.6 Å². The summed E-state index contributed by atoms with van der Waals surface area (Å²) >= 11 is 0. The van der Waals surface area contributed by atoms with Gasteiger partial charge in [0.25, 0.3) is 5.91 Å². The molecule has 0 bridgehead atoms. The lowest BCUT2D eigenvalue weighted by atomic mass is 9.85. The molecule has 10 nitrogen and oxygen atoms in total. The molecule has 0 atom stereocenters. The van der Waals surface area contributed by atoms with Gasteiger partial charge in [-0.1, -0.05) is 0 Å². The number of aryl methyl sites for hydroxylation is 2. The van der Waals surface area contributed by atoms with Crippen LogP contribution in [0.4, 0.5) is 0 Å². The van der Waals surface area contributed by atoms with Crippen molar-refractivity contribution in [2.24, 2.45) is 5.92 Å². The first kappa shape index (κ1) is 21.0. The first-order chi connectivity index (χ1) is 14.9. The van der Waals surface area contributed by atoms with Crippen LogP contribution in [0.2, 0.25) is 0 Å². The molecule has 1 fully saturated rings. The average molecular weight is 425 g/mol. The van der Waals surface area contributed by atoms with E-state index in [0.717, 1.165) is 37.1 Å². The highest BCUT2D eigenvalue weighted by molar-refractivity contribution is 5.94. The molecule has 31 heavy (non-hydrogen) atoms.